The molecule has 0 spiro atoms. The number of thioether (sulfide) groups is 1. The molecule has 1 N–H and O–H groups in total. The summed E-state index contributed by atoms with van der Waals surface area (Å²) in [4.78, 5) is 13.2. The topological polar surface area (TPSA) is 90.4 Å². The van der Waals surface area contributed by atoms with Crippen LogP contribution in [0.25, 0.3) is 22.6 Å². The Morgan fingerprint density at radius 3 is 2.71 bits per heavy atom. The van der Waals surface area contributed by atoms with Crippen molar-refractivity contribution in [2.75, 3.05) is 18.2 Å². The normalized spacial score (nSPS) is 10.9. The van der Waals surface area contributed by atoms with Crippen LogP contribution >= 0.6 is 11.8 Å². The average molecular weight is 395 g/mol. The minimum atomic E-state index is -0.194. The van der Waals surface area contributed by atoms with Crippen LogP contribution in [0.4, 0.5) is 6.01 Å². The van der Waals surface area contributed by atoms with Gasteiger partial charge >= 0.3 is 6.01 Å². The highest BCUT2D eigenvalue weighted by molar-refractivity contribution is 7.99. The molecule has 0 aliphatic heterocycles. The van der Waals surface area contributed by atoms with Crippen molar-refractivity contribution in [1.82, 2.24) is 10.2 Å². The van der Waals surface area contributed by atoms with Crippen molar-refractivity contribution in [3.05, 3.63) is 54.6 Å². The van der Waals surface area contributed by atoms with Crippen molar-refractivity contribution < 1.29 is 18.4 Å². The molecule has 0 saturated heterocycles. The molecule has 28 heavy (non-hydrogen) atoms. The molecule has 0 unspecified atom stereocenters. The number of aromatic nitrogens is 2. The van der Waals surface area contributed by atoms with Gasteiger partial charge in [0.1, 0.15) is 11.3 Å². The van der Waals surface area contributed by atoms with Crippen molar-refractivity contribution in [2.24, 2.45) is 0 Å². The first-order valence-corrected chi connectivity index (χ1v) is 9.59. The Labute approximate surface area is 165 Å². The Balaban J connectivity index is 1.31. The van der Waals surface area contributed by atoms with Crippen molar-refractivity contribution in [1.29, 1.82) is 0 Å². The molecule has 0 saturated carbocycles. The van der Waals surface area contributed by atoms with E-state index in [1.807, 2.05) is 54.6 Å². The van der Waals surface area contributed by atoms with Crippen LogP contribution in [0.3, 0.4) is 0 Å². The molecule has 1 amide bonds. The number of rotatable bonds is 7. The molecule has 8 heteroatoms. The van der Waals surface area contributed by atoms with Crippen LogP contribution in [0, 0.1) is 0 Å². The Bertz CT molecular complexity index is 1060. The van der Waals surface area contributed by atoms with Gasteiger partial charge in [-0.15, -0.1) is 16.9 Å². The monoisotopic (exact) mass is 395 g/mol. The quantitative estimate of drug-likeness (QED) is 0.457. The number of furan rings is 1. The zero-order valence-electron chi connectivity index (χ0n) is 15.0. The van der Waals surface area contributed by atoms with Crippen LogP contribution in [0.2, 0.25) is 0 Å². The number of para-hydroxylation sites is 1. The van der Waals surface area contributed by atoms with Crippen LogP contribution in [0.15, 0.2) is 68.3 Å². The maximum atomic E-state index is 12.1. The second kappa shape index (κ2) is 8.18. The number of anilines is 1. The van der Waals surface area contributed by atoms with Gasteiger partial charge in [0, 0.05) is 22.5 Å². The van der Waals surface area contributed by atoms with E-state index in [-0.39, 0.29) is 17.8 Å². The third-order valence-corrected chi connectivity index (χ3v) is 4.98. The smallest absolute Gasteiger partial charge is 0.322 e. The van der Waals surface area contributed by atoms with Gasteiger partial charge in [-0.05, 0) is 36.4 Å². The Kier molecular flexibility index (Phi) is 5.29. The summed E-state index contributed by atoms with van der Waals surface area (Å²) < 4.78 is 16.3. The molecule has 142 valence electrons. The van der Waals surface area contributed by atoms with E-state index in [0.29, 0.717) is 17.9 Å². The van der Waals surface area contributed by atoms with Gasteiger partial charge in [-0.2, -0.15) is 0 Å². The number of methoxy groups -OCH3 is 1. The number of nitrogens with one attached hydrogen (secondary N) is 1. The van der Waals surface area contributed by atoms with E-state index in [9.17, 15) is 4.79 Å². The largest absolute Gasteiger partial charge is 0.497 e. The highest BCUT2D eigenvalue weighted by atomic mass is 32.2. The summed E-state index contributed by atoms with van der Waals surface area (Å²) in [5.41, 5.74) is 0.733. The van der Waals surface area contributed by atoms with Crippen molar-refractivity contribution >= 4 is 34.7 Å². The minimum absolute atomic E-state index is 0.0508. The lowest BCUT2D eigenvalue weighted by Gasteiger charge is -2.03. The van der Waals surface area contributed by atoms with E-state index >= 15 is 0 Å². The van der Waals surface area contributed by atoms with Gasteiger partial charge in [-0.1, -0.05) is 23.3 Å². The second-order valence-corrected chi connectivity index (χ2v) is 7.05. The maximum absolute atomic E-state index is 12.1. The zero-order valence-corrected chi connectivity index (χ0v) is 15.9. The summed E-state index contributed by atoms with van der Waals surface area (Å²) in [6, 6.07) is 17.2. The predicted molar refractivity (Wildman–Crippen MR) is 106 cm³/mol. The number of amides is 1. The highest BCUT2D eigenvalue weighted by Gasteiger charge is 2.15. The molecule has 0 bridgehead atoms. The number of nitrogens with zero attached hydrogens (tertiary/aromatic N) is 2. The van der Waals surface area contributed by atoms with E-state index in [2.05, 4.69) is 15.5 Å². The summed E-state index contributed by atoms with van der Waals surface area (Å²) in [7, 11) is 1.63. The summed E-state index contributed by atoms with van der Waals surface area (Å²) in [6.45, 7) is 0. The van der Waals surface area contributed by atoms with Gasteiger partial charge in [0.2, 0.25) is 5.91 Å². The van der Waals surface area contributed by atoms with Crippen molar-refractivity contribution in [3.63, 3.8) is 0 Å². The van der Waals surface area contributed by atoms with Gasteiger partial charge in [0.05, 0.1) is 7.11 Å². The molecule has 7 nitrogen and oxygen atoms in total. The maximum Gasteiger partial charge on any atom is 0.322 e. The molecular formula is C20H17N3O4S. The number of carbonyl (C=O) groups excluding carboxylic acids is 1. The average Bonchev–Trinajstić information content (AvgIpc) is 3.35. The van der Waals surface area contributed by atoms with E-state index in [0.717, 1.165) is 21.6 Å². The fourth-order valence-corrected chi connectivity index (χ4v) is 3.43. The van der Waals surface area contributed by atoms with Gasteiger partial charge in [0.15, 0.2) is 5.76 Å². The first kappa shape index (κ1) is 18.1. The summed E-state index contributed by atoms with van der Waals surface area (Å²) in [6.07, 6.45) is 0.318. The van der Waals surface area contributed by atoms with Gasteiger partial charge in [0.25, 0.3) is 5.89 Å². The minimum Gasteiger partial charge on any atom is -0.497 e. The number of ether oxygens (including phenoxy) is 1. The zero-order chi connectivity index (χ0) is 19.3. The molecule has 0 atom stereocenters. The van der Waals surface area contributed by atoms with Crippen molar-refractivity contribution in [3.8, 4) is 17.4 Å². The van der Waals surface area contributed by atoms with E-state index in [1.165, 1.54) is 0 Å². The number of benzene rings is 2. The first-order valence-electron chi connectivity index (χ1n) is 8.60. The number of carbonyl (C=O) groups is 1. The molecule has 0 aliphatic rings. The van der Waals surface area contributed by atoms with Crippen LogP contribution in [-0.2, 0) is 4.79 Å². The second-order valence-electron chi connectivity index (χ2n) is 5.88. The Morgan fingerprint density at radius 1 is 1.11 bits per heavy atom. The predicted octanol–water partition coefficient (Wildman–Crippen LogP) is 4.61. The lowest BCUT2D eigenvalue weighted by molar-refractivity contribution is -0.115. The Morgan fingerprint density at radius 2 is 1.93 bits per heavy atom. The standard InChI is InChI=1S/C20H17N3O4S/c1-25-14-6-8-15(9-7-14)28-11-10-18(24)21-20-23-22-19(27-20)17-12-13-4-2-3-5-16(13)26-17/h2-9,12H,10-11H2,1H3,(H,21,23,24). The Hall–Kier alpha value is -3.26. The molecular weight excluding hydrogens is 378 g/mol. The third kappa shape index (κ3) is 4.17. The van der Waals surface area contributed by atoms with Gasteiger partial charge in [-0.25, -0.2) is 0 Å². The van der Waals surface area contributed by atoms with Crippen LogP contribution in [0.1, 0.15) is 6.42 Å². The van der Waals surface area contributed by atoms with E-state index in [4.69, 9.17) is 13.6 Å². The lowest BCUT2D eigenvalue weighted by atomic mass is 10.2. The number of hydrogen-bond acceptors (Lipinski definition) is 7. The third-order valence-electron chi connectivity index (χ3n) is 3.96. The first-order chi connectivity index (χ1) is 13.7. The highest BCUT2D eigenvalue weighted by Crippen LogP contribution is 2.27. The molecule has 4 rings (SSSR count). The fourth-order valence-electron chi connectivity index (χ4n) is 2.58. The van der Waals surface area contributed by atoms with Gasteiger partial charge < -0.3 is 13.6 Å². The number of hydrogen-bond donors (Lipinski definition) is 1. The molecule has 0 radical (unpaired) electrons. The van der Waals surface area contributed by atoms with E-state index in [1.54, 1.807) is 18.9 Å². The summed E-state index contributed by atoms with van der Waals surface area (Å²) in [5.74, 6) is 1.92. The van der Waals surface area contributed by atoms with E-state index < -0.39 is 0 Å². The van der Waals surface area contributed by atoms with Crippen LogP contribution in [-0.4, -0.2) is 29.0 Å². The molecule has 2 heterocycles. The molecule has 0 aliphatic carbocycles. The number of fused-ring (bicyclic) bond motifs is 1. The van der Waals surface area contributed by atoms with Crippen LogP contribution in [0.5, 0.6) is 5.75 Å². The fraction of sp³-hybridized carbons (Fsp3) is 0.150. The summed E-state index contributed by atoms with van der Waals surface area (Å²) in [5, 5.41) is 11.4. The molecule has 2 aromatic heterocycles. The van der Waals surface area contributed by atoms with Crippen molar-refractivity contribution in [2.45, 2.75) is 11.3 Å². The molecule has 0 fully saturated rings. The molecule has 2 aromatic carbocycles. The van der Waals surface area contributed by atoms with Gasteiger partial charge in [-0.3, -0.25) is 10.1 Å². The summed E-state index contributed by atoms with van der Waals surface area (Å²) >= 11 is 1.58. The molecule has 4 aromatic rings. The van der Waals surface area contributed by atoms with Crippen LogP contribution < -0.4 is 10.1 Å². The SMILES string of the molecule is COc1ccc(SCCC(=O)Nc2nnc(-c3cc4ccccc4o3)o2)cc1. The lowest BCUT2D eigenvalue weighted by Crippen LogP contribution is -2.12.